The highest BCUT2D eigenvalue weighted by molar-refractivity contribution is 5.99. The van der Waals surface area contributed by atoms with Crippen LogP contribution in [0.3, 0.4) is 0 Å². The monoisotopic (exact) mass is 357 g/mol. The van der Waals surface area contributed by atoms with Gasteiger partial charge in [-0.25, -0.2) is 14.6 Å². The minimum Gasteiger partial charge on any atom is -0.462 e. The number of hydrogen-bond donors (Lipinski definition) is 0. The fourth-order valence-electron chi connectivity index (χ4n) is 2.41. The molecule has 0 aliphatic carbocycles. The number of carbonyl (C=O) groups excluding carboxylic acids is 2. The van der Waals surface area contributed by atoms with Crippen LogP contribution in [-0.4, -0.2) is 25.1 Å². The zero-order valence-electron chi connectivity index (χ0n) is 15.2. The highest BCUT2D eigenvalue weighted by atomic mass is 17.2. The number of esters is 1. The topological polar surface area (TPSA) is 65.1 Å². The lowest BCUT2D eigenvalue weighted by Gasteiger charge is -2.22. The van der Waals surface area contributed by atoms with Gasteiger partial charge in [-0.2, -0.15) is 0 Å². The highest BCUT2D eigenvalue weighted by Gasteiger charge is 2.15. The summed E-state index contributed by atoms with van der Waals surface area (Å²) in [6, 6.07) is 14.2. The van der Waals surface area contributed by atoms with Crippen molar-refractivity contribution in [3.8, 4) is 0 Å². The third-order valence-electron chi connectivity index (χ3n) is 3.57. The van der Waals surface area contributed by atoms with Crippen molar-refractivity contribution in [1.29, 1.82) is 0 Å². The lowest BCUT2D eigenvalue weighted by molar-refractivity contribution is -0.300. The lowest BCUT2D eigenvalue weighted by Crippen LogP contribution is -2.22. The molecule has 2 aromatic rings. The summed E-state index contributed by atoms with van der Waals surface area (Å²) >= 11 is 0. The van der Waals surface area contributed by atoms with Crippen molar-refractivity contribution < 1.29 is 24.1 Å². The molecule has 2 rings (SSSR count). The van der Waals surface area contributed by atoms with E-state index in [-0.39, 0.29) is 11.9 Å². The van der Waals surface area contributed by atoms with Crippen molar-refractivity contribution >= 4 is 23.3 Å². The molecule has 0 atom stereocenters. The van der Waals surface area contributed by atoms with E-state index in [1.165, 1.54) is 6.92 Å². The Morgan fingerprint density at radius 1 is 0.846 bits per heavy atom. The molecular weight excluding hydrogens is 334 g/mol. The van der Waals surface area contributed by atoms with Gasteiger partial charge in [-0.1, -0.05) is 12.1 Å². The van der Waals surface area contributed by atoms with E-state index in [2.05, 4.69) is 0 Å². The predicted molar refractivity (Wildman–Crippen MR) is 98.1 cm³/mol. The zero-order chi connectivity index (χ0) is 18.9. The summed E-state index contributed by atoms with van der Waals surface area (Å²) in [5, 5.41) is 0. The first-order chi connectivity index (χ1) is 12.6. The zero-order valence-corrected chi connectivity index (χ0v) is 15.2. The Morgan fingerprint density at radius 2 is 1.42 bits per heavy atom. The van der Waals surface area contributed by atoms with Gasteiger partial charge >= 0.3 is 5.97 Å². The molecule has 0 fully saturated rings. The molecular formula is C20H23NO5. The Hall–Kier alpha value is -2.70. The Balaban J connectivity index is 2.18. The van der Waals surface area contributed by atoms with Crippen molar-refractivity contribution in [2.24, 2.45) is 0 Å². The predicted octanol–water partition coefficient (Wildman–Crippen LogP) is 4.02. The molecule has 1 amide bonds. The first-order valence-electron chi connectivity index (χ1n) is 8.48. The van der Waals surface area contributed by atoms with Crippen LogP contribution < -0.4 is 4.90 Å². The van der Waals surface area contributed by atoms with Crippen LogP contribution in [0.1, 0.15) is 36.7 Å². The van der Waals surface area contributed by atoms with E-state index in [9.17, 15) is 9.59 Å². The Kier molecular flexibility index (Phi) is 7.32. The molecule has 0 aliphatic rings. The van der Waals surface area contributed by atoms with Crippen LogP contribution >= 0.6 is 0 Å². The minimum atomic E-state index is -0.382. The van der Waals surface area contributed by atoms with Gasteiger partial charge < -0.3 is 4.74 Å². The molecule has 6 heteroatoms. The molecule has 138 valence electrons. The smallest absolute Gasteiger partial charge is 0.338 e. The van der Waals surface area contributed by atoms with Gasteiger partial charge in [0.05, 0.1) is 18.8 Å². The van der Waals surface area contributed by atoms with Crippen LogP contribution in [0.5, 0.6) is 0 Å². The second-order valence-electron chi connectivity index (χ2n) is 5.46. The third kappa shape index (κ3) is 5.15. The van der Waals surface area contributed by atoms with Gasteiger partial charge in [0.25, 0.3) is 0 Å². The van der Waals surface area contributed by atoms with E-state index in [4.69, 9.17) is 14.5 Å². The largest absolute Gasteiger partial charge is 0.462 e. The standard InChI is InChI=1S/C20H23NO5/c1-4-24-20(23)17-8-12-19(13-9-17)21(15(3)22)18-10-6-16(7-11-18)14-26-25-5-2/h6-13H,4-5,14H2,1-3H3. The van der Waals surface area contributed by atoms with E-state index >= 15 is 0 Å². The van der Waals surface area contributed by atoms with Crippen LogP contribution in [0, 0.1) is 0 Å². The van der Waals surface area contributed by atoms with Gasteiger partial charge in [-0.3, -0.25) is 9.69 Å². The number of carbonyl (C=O) groups is 2. The highest BCUT2D eigenvalue weighted by Crippen LogP contribution is 2.26. The van der Waals surface area contributed by atoms with Crippen molar-refractivity contribution in [1.82, 2.24) is 0 Å². The summed E-state index contributed by atoms with van der Waals surface area (Å²) in [7, 11) is 0. The molecule has 6 nitrogen and oxygen atoms in total. The maximum absolute atomic E-state index is 12.2. The van der Waals surface area contributed by atoms with E-state index in [1.54, 1.807) is 36.1 Å². The number of rotatable bonds is 8. The molecule has 0 radical (unpaired) electrons. The van der Waals surface area contributed by atoms with Gasteiger partial charge in [0, 0.05) is 18.3 Å². The second kappa shape index (κ2) is 9.70. The van der Waals surface area contributed by atoms with Gasteiger partial charge in [-0.05, 0) is 55.8 Å². The first-order valence-corrected chi connectivity index (χ1v) is 8.48. The van der Waals surface area contributed by atoms with E-state index < -0.39 is 0 Å². The number of nitrogens with zero attached hydrogens (tertiary/aromatic N) is 1. The van der Waals surface area contributed by atoms with Gasteiger partial charge in [-0.15, -0.1) is 0 Å². The van der Waals surface area contributed by atoms with E-state index in [0.29, 0.717) is 31.1 Å². The molecule has 2 aromatic carbocycles. The van der Waals surface area contributed by atoms with Gasteiger partial charge in [0.15, 0.2) is 0 Å². The fraction of sp³-hybridized carbons (Fsp3) is 0.300. The molecule has 0 saturated carbocycles. The van der Waals surface area contributed by atoms with Crippen LogP contribution in [0.4, 0.5) is 11.4 Å². The quantitative estimate of drug-likeness (QED) is 0.309. The molecule has 0 heterocycles. The maximum atomic E-state index is 12.2. The summed E-state index contributed by atoms with van der Waals surface area (Å²) in [6.07, 6.45) is 0. The van der Waals surface area contributed by atoms with Crippen molar-refractivity contribution in [2.75, 3.05) is 18.1 Å². The number of amides is 1. The molecule has 0 N–H and O–H groups in total. The van der Waals surface area contributed by atoms with Crippen molar-refractivity contribution in [3.05, 3.63) is 59.7 Å². The van der Waals surface area contributed by atoms with Crippen LogP contribution in [0.15, 0.2) is 48.5 Å². The SMILES string of the molecule is CCOOCc1ccc(N(C(C)=O)c2ccc(C(=O)OCC)cc2)cc1. The molecule has 0 spiro atoms. The fourth-order valence-corrected chi connectivity index (χ4v) is 2.41. The maximum Gasteiger partial charge on any atom is 0.338 e. The summed E-state index contributed by atoms with van der Waals surface area (Å²) in [5.41, 5.74) is 2.77. The Morgan fingerprint density at radius 3 is 1.92 bits per heavy atom. The first kappa shape index (κ1) is 19.6. The third-order valence-corrected chi connectivity index (χ3v) is 3.57. The second-order valence-corrected chi connectivity index (χ2v) is 5.46. The summed E-state index contributed by atoms with van der Waals surface area (Å²) in [6.45, 7) is 6.24. The molecule has 0 aliphatic heterocycles. The molecule has 0 saturated heterocycles. The summed E-state index contributed by atoms with van der Waals surface area (Å²) < 4.78 is 4.97. The average Bonchev–Trinajstić information content (AvgIpc) is 2.64. The number of benzene rings is 2. The molecule has 0 unspecified atom stereocenters. The van der Waals surface area contributed by atoms with Gasteiger partial charge in [0.1, 0.15) is 6.61 Å². The normalized spacial score (nSPS) is 10.4. The molecule has 0 bridgehead atoms. The van der Waals surface area contributed by atoms with Crippen molar-refractivity contribution in [3.63, 3.8) is 0 Å². The number of hydrogen-bond acceptors (Lipinski definition) is 5. The Bertz CT molecular complexity index is 725. The van der Waals surface area contributed by atoms with E-state index in [0.717, 1.165) is 11.3 Å². The number of ether oxygens (including phenoxy) is 1. The van der Waals surface area contributed by atoms with Gasteiger partial charge in [0.2, 0.25) is 5.91 Å². The van der Waals surface area contributed by atoms with Crippen LogP contribution in [0.2, 0.25) is 0 Å². The van der Waals surface area contributed by atoms with E-state index in [1.807, 2.05) is 31.2 Å². The lowest BCUT2D eigenvalue weighted by atomic mass is 10.1. The molecule has 26 heavy (non-hydrogen) atoms. The average molecular weight is 357 g/mol. The summed E-state index contributed by atoms with van der Waals surface area (Å²) in [5.74, 6) is -0.515. The summed E-state index contributed by atoms with van der Waals surface area (Å²) in [4.78, 5) is 35.4. The van der Waals surface area contributed by atoms with Crippen LogP contribution in [0.25, 0.3) is 0 Å². The van der Waals surface area contributed by atoms with Crippen molar-refractivity contribution in [2.45, 2.75) is 27.4 Å². The Labute approximate surface area is 153 Å². The molecule has 0 aromatic heterocycles. The number of anilines is 2. The minimum absolute atomic E-state index is 0.132. The van der Waals surface area contributed by atoms with Crippen LogP contribution in [-0.2, 0) is 25.9 Å².